The van der Waals surface area contributed by atoms with Gasteiger partial charge < -0.3 is 9.32 Å². The van der Waals surface area contributed by atoms with Gasteiger partial charge in [-0.25, -0.2) is 17.8 Å². The summed E-state index contributed by atoms with van der Waals surface area (Å²) in [5, 5.41) is 0. The number of rotatable bonds is 11. The van der Waals surface area contributed by atoms with E-state index in [1.165, 1.54) is 44.2 Å². The summed E-state index contributed by atoms with van der Waals surface area (Å²) in [6, 6.07) is 6.66. The number of nitrogens with zero attached hydrogens (tertiary/aromatic N) is 2. The van der Waals surface area contributed by atoms with Gasteiger partial charge in [-0.05, 0) is 58.3 Å². The van der Waals surface area contributed by atoms with Crippen LogP contribution in [0.4, 0.5) is 4.39 Å². The summed E-state index contributed by atoms with van der Waals surface area (Å²) in [7, 11) is -1.55. The van der Waals surface area contributed by atoms with E-state index in [4.69, 9.17) is 4.42 Å². The Morgan fingerprint density at radius 3 is 2.62 bits per heavy atom. The van der Waals surface area contributed by atoms with Crippen molar-refractivity contribution < 1.29 is 22.0 Å². The van der Waals surface area contributed by atoms with E-state index in [0.717, 1.165) is 13.0 Å². The van der Waals surface area contributed by atoms with Gasteiger partial charge >= 0.3 is 0 Å². The zero-order valence-corrected chi connectivity index (χ0v) is 19.8. The van der Waals surface area contributed by atoms with E-state index in [9.17, 15) is 17.6 Å². The van der Waals surface area contributed by atoms with Crippen LogP contribution in [0.25, 0.3) is 11.5 Å². The first-order valence-corrected chi connectivity index (χ1v) is 13.2. The number of benzene rings is 1. The van der Waals surface area contributed by atoms with Crippen LogP contribution in [0.2, 0.25) is 0 Å². The predicted molar refractivity (Wildman–Crippen MR) is 122 cm³/mol. The number of ketones is 1. The maximum absolute atomic E-state index is 14.0. The number of hydrogen-bond donors (Lipinski definition) is 0. The number of unbranched alkanes of at least 4 members (excludes halogenated alkanes) is 1. The first kappa shape index (κ1) is 24.6. The number of sulfone groups is 1. The van der Waals surface area contributed by atoms with Crippen LogP contribution in [-0.4, -0.2) is 49.5 Å². The van der Waals surface area contributed by atoms with Crippen LogP contribution >= 0.6 is 0 Å². The van der Waals surface area contributed by atoms with E-state index in [1.807, 2.05) is 0 Å². The summed E-state index contributed by atoms with van der Waals surface area (Å²) in [6.07, 6.45) is 8.22. The van der Waals surface area contributed by atoms with Crippen LogP contribution in [-0.2, 0) is 20.4 Å². The monoisotopic (exact) mass is 464 g/mol. The Balaban J connectivity index is 1.46. The third-order valence-electron chi connectivity index (χ3n) is 6.15. The molecule has 8 heteroatoms. The van der Waals surface area contributed by atoms with Gasteiger partial charge in [0, 0.05) is 12.5 Å². The molecule has 0 saturated heterocycles. The van der Waals surface area contributed by atoms with Crippen molar-refractivity contribution in [2.45, 2.75) is 70.1 Å². The maximum atomic E-state index is 14.0. The molecule has 1 aromatic carbocycles. The molecule has 1 fully saturated rings. The fourth-order valence-electron chi connectivity index (χ4n) is 4.28. The molecule has 0 atom stereocenters. The van der Waals surface area contributed by atoms with Gasteiger partial charge in [-0.15, -0.1) is 0 Å². The number of hydrogen-bond acceptors (Lipinski definition) is 6. The third-order valence-corrected chi connectivity index (χ3v) is 7.62. The molecule has 6 nitrogen and oxygen atoms in total. The predicted octanol–water partition coefficient (Wildman–Crippen LogP) is 4.71. The molecule has 3 rings (SSSR count). The van der Waals surface area contributed by atoms with Crippen molar-refractivity contribution in [3.8, 4) is 11.5 Å². The molecule has 0 unspecified atom stereocenters. The Labute approximate surface area is 190 Å². The van der Waals surface area contributed by atoms with Crippen LogP contribution in [0.3, 0.4) is 0 Å². The van der Waals surface area contributed by atoms with Gasteiger partial charge in [-0.1, -0.05) is 31.4 Å². The highest BCUT2D eigenvalue weighted by Gasteiger charge is 2.23. The van der Waals surface area contributed by atoms with E-state index < -0.39 is 27.2 Å². The molecule has 0 radical (unpaired) electrons. The van der Waals surface area contributed by atoms with Crippen molar-refractivity contribution in [2.75, 3.05) is 19.3 Å². The topological polar surface area (TPSA) is 80.5 Å². The van der Waals surface area contributed by atoms with Crippen molar-refractivity contribution in [2.24, 2.45) is 0 Å². The summed E-state index contributed by atoms with van der Waals surface area (Å²) in [5.41, 5.74) is 0.388. The molecule has 176 valence electrons. The van der Waals surface area contributed by atoms with Gasteiger partial charge in [0.2, 0.25) is 5.89 Å². The molecule has 32 heavy (non-hydrogen) atoms. The van der Waals surface area contributed by atoms with Crippen molar-refractivity contribution in [1.82, 2.24) is 9.88 Å². The summed E-state index contributed by atoms with van der Waals surface area (Å²) in [6.45, 7) is 2.52. The molecule has 0 aliphatic heterocycles. The lowest BCUT2D eigenvalue weighted by Gasteiger charge is -2.31. The zero-order chi connectivity index (χ0) is 23.1. The summed E-state index contributed by atoms with van der Waals surface area (Å²) in [4.78, 5) is 18.8. The molecule has 0 bridgehead atoms. The van der Waals surface area contributed by atoms with Crippen molar-refractivity contribution in [1.29, 1.82) is 0 Å². The second kappa shape index (κ2) is 11.2. The molecule has 1 aliphatic rings. The minimum absolute atomic E-state index is 0.0409. The second-order valence-corrected chi connectivity index (χ2v) is 10.9. The lowest BCUT2D eigenvalue weighted by molar-refractivity contribution is -0.116. The molecule has 2 aromatic rings. The third kappa shape index (κ3) is 6.97. The molecule has 1 heterocycles. The van der Waals surface area contributed by atoms with Crippen molar-refractivity contribution in [3.63, 3.8) is 0 Å². The summed E-state index contributed by atoms with van der Waals surface area (Å²) >= 11 is 0. The number of aromatic nitrogens is 1. The van der Waals surface area contributed by atoms with Gasteiger partial charge in [0.1, 0.15) is 23.1 Å². The van der Waals surface area contributed by atoms with E-state index >= 15 is 0 Å². The highest BCUT2D eigenvalue weighted by atomic mass is 32.2. The zero-order valence-electron chi connectivity index (χ0n) is 19.0. The van der Waals surface area contributed by atoms with E-state index in [1.54, 1.807) is 19.1 Å². The first-order chi connectivity index (χ1) is 15.2. The fourth-order valence-corrected chi connectivity index (χ4v) is 5.70. The van der Waals surface area contributed by atoms with Crippen molar-refractivity contribution in [3.05, 3.63) is 41.5 Å². The lowest BCUT2D eigenvalue weighted by Crippen LogP contribution is -2.34. The standard InChI is InChI=1S/C24H33FN2O4S/c1-18-23(26-24(31-18)21-13-6-7-14-22(21)25)17-32(29,30)16-20(28)12-8-9-15-27(2)19-10-4-3-5-11-19/h6-7,13-14,19H,3-5,8-12,15-17H2,1-2H3. The highest BCUT2D eigenvalue weighted by molar-refractivity contribution is 7.91. The molecule has 1 saturated carbocycles. The average molecular weight is 465 g/mol. The number of halogens is 1. The van der Waals surface area contributed by atoms with Crippen LogP contribution in [0.15, 0.2) is 28.7 Å². The molecule has 1 aliphatic carbocycles. The second-order valence-electron chi connectivity index (χ2n) is 8.80. The Hall–Kier alpha value is -2.06. The Morgan fingerprint density at radius 2 is 1.91 bits per heavy atom. The van der Waals surface area contributed by atoms with Crippen LogP contribution in [0, 0.1) is 12.7 Å². The van der Waals surface area contributed by atoms with Gasteiger partial charge in [-0.2, -0.15) is 0 Å². The number of aryl methyl sites for hydroxylation is 1. The molecule has 0 N–H and O–H groups in total. The maximum Gasteiger partial charge on any atom is 0.229 e. The number of carbonyl (C=O) groups is 1. The average Bonchev–Trinajstić information content (AvgIpc) is 3.10. The summed E-state index contributed by atoms with van der Waals surface area (Å²) in [5.74, 6) is -1.32. The van der Waals surface area contributed by atoms with Crippen molar-refractivity contribution >= 4 is 15.6 Å². The van der Waals surface area contributed by atoms with Crippen LogP contribution < -0.4 is 0 Å². The largest absolute Gasteiger partial charge is 0.441 e. The molecular formula is C24H33FN2O4S. The quantitative estimate of drug-likeness (QED) is 0.448. The van der Waals surface area contributed by atoms with Gasteiger partial charge in [0.05, 0.1) is 17.0 Å². The van der Waals surface area contributed by atoms with Gasteiger partial charge in [0.25, 0.3) is 0 Å². The Bertz CT molecular complexity index is 1010. The SMILES string of the molecule is Cc1oc(-c2ccccc2F)nc1CS(=O)(=O)CC(=O)CCCCN(C)C1CCCCC1. The first-order valence-electron chi connectivity index (χ1n) is 11.4. The number of Topliss-reactive ketones (excluding diaryl/α,β-unsaturated/α-hetero) is 1. The van der Waals surface area contributed by atoms with E-state index in [-0.39, 0.29) is 29.4 Å². The highest BCUT2D eigenvalue weighted by Crippen LogP contribution is 2.25. The van der Waals surface area contributed by atoms with E-state index in [0.29, 0.717) is 18.2 Å². The Kier molecular flexibility index (Phi) is 8.59. The smallest absolute Gasteiger partial charge is 0.229 e. The van der Waals surface area contributed by atoms with E-state index in [2.05, 4.69) is 16.9 Å². The summed E-state index contributed by atoms with van der Waals surface area (Å²) < 4.78 is 44.5. The molecule has 0 amide bonds. The number of carbonyl (C=O) groups excluding carboxylic acids is 1. The van der Waals surface area contributed by atoms with Gasteiger partial charge in [-0.3, -0.25) is 4.79 Å². The Morgan fingerprint density at radius 1 is 1.19 bits per heavy atom. The van der Waals surface area contributed by atoms with Gasteiger partial charge in [0.15, 0.2) is 9.84 Å². The molecule has 0 spiro atoms. The minimum atomic E-state index is -3.68. The number of oxazole rings is 1. The lowest BCUT2D eigenvalue weighted by atomic mass is 9.94. The minimum Gasteiger partial charge on any atom is -0.441 e. The molecular weight excluding hydrogens is 431 g/mol. The van der Waals surface area contributed by atoms with Crippen LogP contribution in [0.5, 0.6) is 0 Å². The fraction of sp³-hybridized carbons (Fsp3) is 0.583. The molecule has 1 aromatic heterocycles. The normalized spacial score (nSPS) is 15.4. The van der Waals surface area contributed by atoms with Crippen LogP contribution in [0.1, 0.15) is 62.8 Å².